The van der Waals surface area contributed by atoms with Crippen molar-refractivity contribution in [2.75, 3.05) is 40.4 Å². The number of hydrogen-bond acceptors (Lipinski definition) is 6. The zero-order valence-corrected chi connectivity index (χ0v) is 20.6. The molecule has 1 aliphatic heterocycles. The minimum atomic E-state index is -0.730. The normalized spacial score (nSPS) is 14.8. The van der Waals surface area contributed by atoms with Gasteiger partial charge in [0.15, 0.2) is 5.78 Å². The summed E-state index contributed by atoms with van der Waals surface area (Å²) in [7, 11) is 3.56. The Morgan fingerprint density at radius 2 is 1.91 bits per heavy atom. The Morgan fingerprint density at radius 1 is 1.15 bits per heavy atom. The first kappa shape index (κ1) is 25.4. The average molecular weight is 492 g/mol. The lowest BCUT2D eigenvalue weighted by molar-refractivity contribution is -0.125. The Bertz CT molecular complexity index is 994. The Balaban J connectivity index is 1.68. The van der Waals surface area contributed by atoms with Crippen LogP contribution in [0.15, 0.2) is 30.3 Å². The van der Waals surface area contributed by atoms with Gasteiger partial charge in [0.1, 0.15) is 6.61 Å². The number of ketones is 1. The van der Waals surface area contributed by atoms with Crippen LogP contribution >= 0.6 is 22.9 Å². The highest BCUT2D eigenvalue weighted by Crippen LogP contribution is 2.22. The third kappa shape index (κ3) is 7.64. The Kier molecular flexibility index (Phi) is 9.43. The van der Waals surface area contributed by atoms with Crippen LogP contribution in [0.5, 0.6) is 0 Å². The molecule has 2 N–H and O–H groups in total. The maximum Gasteiger partial charge on any atom is 0.261 e. The van der Waals surface area contributed by atoms with Gasteiger partial charge in [0.05, 0.1) is 15.3 Å². The third-order valence-electron chi connectivity index (χ3n) is 5.70. The number of amides is 2. The number of nitrogens with zero attached hydrogens (tertiary/aromatic N) is 1. The fourth-order valence-electron chi connectivity index (χ4n) is 3.84. The lowest BCUT2D eigenvalue weighted by atomic mass is 9.95. The Hall–Kier alpha value is -2.26. The first-order chi connectivity index (χ1) is 15.9. The molecule has 0 bridgehead atoms. The van der Waals surface area contributed by atoms with E-state index >= 15 is 0 Å². The van der Waals surface area contributed by atoms with E-state index in [1.807, 2.05) is 6.07 Å². The summed E-state index contributed by atoms with van der Waals surface area (Å²) in [5.74, 6) is -0.716. The number of benzene rings is 1. The van der Waals surface area contributed by atoms with Crippen molar-refractivity contribution >= 4 is 40.5 Å². The van der Waals surface area contributed by atoms with Gasteiger partial charge in [-0.1, -0.05) is 29.8 Å². The van der Waals surface area contributed by atoms with Crippen molar-refractivity contribution in [3.8, 4) is 0 Å². The molecule has 1 aliphatic rings. The third-order valence-corrected chi connectivity index (χ3v) is 6.93. The van der Waals surface area contributed by atoms with Gasteiger partial charge in [0.25, 0.3) is 5.91 Å². The van der Waals surface area contributed by atoms with Crippen LogP contribution in [0.3, 0.4) is 0 Å². The summed E-state index contributed by atoms with van der Waals surface area (Å²) in [6.07, 6.45) is 2.46. The Morgan fingerprint density at radius 3 is 2.61 bits per heavy atom. The van der Waals surface area contributed by atoms with Crippen LogP contribution in [0.1, 0.15) is 32.8 Å². The van der Waals surface area contributed by atoms with Gasteiger partial charge in [-0.15, -0.1) is 11.3 Å². The van der Waals surface area contributed by atoms with Crippen LogP contribution in [-0.4, -0.2) is 68.9 Å². The van der Waals surface area contributed by atoms with Crippen molar-refractivity contribution < 1.29 is 19.1 Å². The van der Waals surface area contributed by atoms with E-state index < -0.39 is 6.04 Å². The molecule has 7 nitrogen and oxygen atoms in total. The van der Waals surface area contributed by atoms with Crippen LogP contribution in [-0.2, 0) is 33.6 Å². The molecule has 3 rings (SSSR count). The number of halogens is 1. The number of nitrogens with one attached hydrogen (secondary N) is 2. The molecule has 0 fully saturated rings. The van der Waals surface area contributed by atoms with Crippen molar-refractivity contribution in [3.63, 3.8) is 0 Å². The highest BCUT2D eigenvalue weighted by molar-refractivity contribution is 7.18. The second-order valence-corrected chi connectivity index (χ2v) is 9.97. The van der Waals surface area contributed by atoms with E-state index in [4.69, 9.17) is 16.3 Å². The maximum atomic E-state index is 13.2. The maximum absolute atomic E-state index is 13.2. The van der Waals surface area contributed by atoms with E-state index in [1.165, 1.54) is 18.2 Å². The molecule has 0 spiro atoms. The molecule has 0 saturated carbocycles. The van der Waals surface area contributed by atoms with E-state index in [1.54, 1.807) is 12.1 Å². The lowest BCUT2D eigenvalue weighted by Gasteiger charge is -2.18. The SMILES string of the molecule is COCC(=O)NCC[C@@H](NC(=O)c1ccc(Cl)s1)C(=O)Cc1ccc2c(c1)CCN(C)CC2. The number of rotatable bonds is 10. The van der Waals surface area contributed by atoms with Gasteiger partial charge in [-0.05, 0) is 55.1 Å². The summed E-state index contributed by atoms with van der Waals surface area (Å²) in [6.45, 7) is 2.22. The van der Waals surface area contributed by atoms with Crippen LogP contribution < -0.4 is 10.6 Å². The largest absolute Gasteiger partial charge is 0.375 e. The quantitative estimate of drug-likeness (QED) is 0.533. The lowest BCUT2D eigenvalue weighted by Crippen LogP contribution is -2.44. The molecule has 2 aromatic rings. The topological polar surface area (TPSA) is 87.7 Å². The number of fused-ring (bicyclic) bond motifs is 1. The predicted molar refractivity (Wildman–Crippen MR) is 130 cm³/mol. The number of carbonyl (C=O) groups excluding carboxylic acids is 3. The highest BCUT2D eigenvalue weighted by Gasteiger charge is 2.23. The summed E-state index contributed by atoms with van der Waals surface area (Å²) in [4.78, 5) is 40.3. The first-order valence-corrected chi connectivity index (χ1v) is 12.2. The summed E-state index contributed by atoms with van der Waals surface area (Å²) in [5.41, 5.74) is 3.55. The minimum absolute atomic E-state index is 0.0526. The van der Waals surface area contributed by atoms with Crippen molar-refractivity contribution in [3.05, 3.63) is 56.2 Å². The second kappa shape index (κ2) is 12.3. The van der Waals surface area contributed by atoms with Gasteiger partial charge in [0.2, 0.25) is 5.91 Å². The van der Waals surface area contributed by atoms with Gasteiger partial charge in [-0.2, -0.15) is 0 Å². The van der Waals surface area contributed by atoms with E-state index in [0.29, 0.717) is 9.21 Å². The number of likely N-dealkylation sites (N-methyl/N-ethyl adjacent to an activating group) is 1. The number of thiophene rings is 1. The van der Waals surface area contributed by atoms with Crippen molar-refractivity contribution in [2.24, 2.45) is 0 Å². The van der Waals surface area contributed by atoms with Crippen LogP contribution in [0.4, 0.5) is 0 Å². The molecule has 33 heavy (non-hydrogen) atoms. The number of hydrogen-bond donors (Lipinski definition) is 2. The fraction of sp³-hybridized carbons (Fsp3) is 0.458. The van der Waals surface area contributed by atoms with Crippen LogP contribution in [0.2, 0.25) is 4.34 Å². The number of ether oxygens (including phenoxy) is 1. The number of carbonyl (C=O) groups is 3. The van der Waals surface area contributed by atoms with Gasteiger partial charge in [0, 0.05) is 33.2 Å². The summed E-state index contributed by atoms with van der Waals surface area (Å²) in [5, 5.41) is 5.54. The van der Waals surface area contributed by atoms with Gasteiger partial charge >= 0.3 is 0 Å². The summed E-state index contributed by atoms with van der Waals surface area (Å²) < 4.78 is 5.32. The van der Waals surface area contributed by atoms with Gasteiger partial charge < -0.3 is 20.3 Å². The molecule has 0 unspecified atom stereocenters. The van der Waals surface area contributed by atoms with E-state index in [9.17, 15) is 14.4 Å². The van der Waals surface area contributed by atoms with Gasteiger partial charge in [-0.25, -0.2) is 0 Å². The predicted octanol–water partition coefficient (Wildman–Crippen LogP) is 2.49. The van der Waals surface area contributed by atoms with E-state index in [-0.39, 0.29) is 43.6 Å². The van der Waals surface area contributed by atoms with Crippen molar-refractivity contribution in [2.45, 2.75) is 31.7 Å². The standard InChI is InChI=1S/C24H30ClN3O4S/c1-28-11-8-17-4-3-16(13-18(17)9-12-28)14-20(29)19(7-10-26-23(30)15-32-2)27-24(31)21-5-6-22(25)33-21/h3-6,13,19H,7-12,14-15H2,1-2H3,(H,26,30)(H,27,31)/t19-/m1/s1. The molecule has 0 saturated heterocycles. The molecule has 1 aromatic heterocycles. The summed E-state index contributed by atoms with van der Waals surface area (Å²) >= 11 is 7.11. The average Bonchev–Trinajstić information content (AvgIpc) is 3.13. The molecule has 2 amide bonds. The molecule has 1 atom stereocenters. The second-order valence-electron chi connectivity index (χ2n) is 8.25. The van der Waals surface area contributed by atoms with E-state index in [0.717, 1.165) is 42.8 Å². The molecular formula is C24H30ClN3O4S. The van der Waals surface area contributed by atoms with Gasteiger partial charge in [-0.3, -0.25) is 14.4 Å². The first-order valence-electron chi connectivity index (χ1n) is 11.0. The van der Waals surface area contributed by atoms with Crippen molar-refractivity contribution in [1.29, 1.82) is 0 Å². The van der Waals surface area contributed by atoms with Crippen LogP contribution in [0.25, 0.3) is 0 Å². The van der Waals surface area contributed by atoms with Crippen LogP contribution in [0, 0.1) is 0 Å². The zero-order chi connectivity index (χ0) is 23.8. The minimum Gasteiger partial charge on any atom is -0.375 e. The molecule has 2 heterocycles. The molecule has 0 radical (unpaired) electrons. The smallest absolute Gasteiger partial charge is 0.261 e. The molecule has 178 valence electrons. The fourth-order valence-corrected chi connectivity index (χ4v) is 4.79. The summed E-state index contributed by atoms with van der Waals surface area (Å²) in [6, 6.07) is 8.78. The molecule has 1 aromatic carbocycles. The number of methoxy groups -OCH3 is 1. The van der Waals surface area contributed by atoms with E-state index in [2.05, 4.69) is 34.7 Å². The molecule has 0 aliphatic carbocycles. The molecule has 9 heteroatoms. The monoisotopic (exact) mass is 491 g/mol. The van der Waals surface area contributed by atoms with Crippen molar-refractivity contribution in [1.82, 2.24) is 15.5 Å². The highest BCUT2D eigenvalue weighted by atomic mass is 35.5. The Labute approximate surface area is 203 Å². The molecular weight excluding hydrogens is 462 g/mol. The number of Topliss-reactive ketones (excluding diaryl/α,β-unsaturated/α-hetero) is 1. The zero-order valence-electron chi connectivity index (χ0n) is 19.0.